The average molecular weight is 906 g/mol. The summed E-state index contributed by atoms with van der Waals surface area (Å²) in [7, 11) is 0. The first kappa shape index (κ1) is 41.2. The van der Waals surface area contributed by atoms with Crippen molar-refractivity contribution in [2.24, 2.45) is 20.0 Å². The van der Waals surface area contributed by atoms with Crippen LogP contribution in [0.15, 0.2) is 105 Å². The summed E-state index contributed by atoms with van der Waals surface area (Å²) in [5.74, 6) is -0.868. The molecule has 0 amide bonds. The summed E-state index contributed by atoms with van der Waals surface area (Å²) in [4.78, 5) is 18.4. The molecule has 6 aromatic carbocycles. The van der Waals surface area contributed by atoms with Gasteiger partial charge in [0.15, 0.2) is 0 Å². The molecule has 0 unspecified atom stereocenters. The van der Waals surface area contributed by atoms with Crippen molar-refractivity contribution >= 4 is 140 Å². The van der Waals surface area contributed by atoms with Gasteiger partial charge in [-0.1, -0.05) is 105 Å². The van der Waals surface area contributed by atoms with Crippen LogP contribution in [0.5, 0.6) is 23.0 Å². The summed E-state index contributed by atoms with van der Waals surface area (Å²) in [6.07, 6.45) is 5.53. The molecule has 56 heavy (non-hydrogen) atoms. The molecule has 6 aromatic rings. The maximum Gasteiger partial charge on any atom is 0.143 e. The number of rotatable bonds is 9. The summed E-state index contributed by atoms with van der Waals surface area (Å²) < 4.78 is 0. The fourth-order valence-corrected chi connectivity index (χ4v) is 7.16. The zero-order valence-corrected chi connectivity index (χ0v) is 34.0. The molecule has 0 bridgehead atoms. The second-order valence-corrected chi connectivity index (χ2v) is 15.1. The summed E-state index contributed by atoms with van der Waals surface area (Å²) in [5.41, 5.74) is 3.72. The highest BCUT2D eigenvalue weighted by atomic mass is 35.5. The first-order valence-corrected chi connectivity index (χ1v) is 18.9. The third kappa shape index (κ3) is 9.72. The average Bonchev–Trinajstić information content (AvgIpc) is 3.15. The van der Waals surface area contributed by atoms with Crippen LogP contribution in [0.3, 0.4) is 0 Å². The fraction of sp³-hybridized carbons (Fsp3) is 0. The van der Waals surface area contributed by atoms with Crippen LogP contribution in [0.2, 0.25) is 40.2 Å². The standard InChI is InChI=1S/C40H22Cl8N4O4/c41-25-5-21(37(53)29(45)11-25)15-49-33-3-1-19(9-35(33)51-17-23-7-27(43)13-31(47)39(23)55)20-2-4-34(50-16-22-6-26(42)12-30(46)38(22)54)36(10-20)52-18-24-8-28(44)14-32(48)40(24)56/h1-18,53-56H. The number of phenols is 4. The van der Waals surface area contributed by atoms with Crippen LogP contribution in [-0.4, -0.2) is 45.3 Å². The van der Waals surface area contributed by atoms with E-state index in [1.165, 1.54) is 73.4 Å². The van der Waals surface area contributed by atoms with Gasteiger partial charge in [-0.15, -0.1) is 0 Å². The molecule has 0 saturated carbocycles. The summed E-state index contributed by atoms with van der Waals surface area (Å²) in [6.45, 7) is 0. The number of halogens is 8. The van der Waals surface area contributed by atoms with Gasteiger partial charge in [0, 0.05) is 67.2 Å². The monoisotopic (exact) mass is 902 g/mol. The molecule has 0 spiro atoms. The van der Waals surface area contributed by atoms with Crippen molar-refractivity contribution in [3.63, 3.8) is 0 Å². The normalized spacial score (nSPS) is 11.9. The Morgan fingerprint density at radius 2 is 0.571 bits per heavy atom. The Morgan fingerprint density at radius 3 is 0.839 bits per heavy atom. The van der Waals surface area contributed by atoms with Crippen molar-refractivity contribution in [1.29, 1.82) is 0 Å². The van der Waals surface area contributed by atoms with Crippen LogP contribution in [0.25, 0.3) is 11.1 Å². The molecular formula is C40H22Cl8N4O4. The predicted molar refractivity (Wildman–Crippen MR) is 233 cm³/mol. The topological polar surface area (TPSA) is 130 Å². The van der Waals surface area contributed by atoms with Gasteiger partial charge in [-0.2, -0.15) is 0 Å². The zero-order chi connectivity index (χ0) is 40.3. The molecule has 16 heteroatoms. The second kappa shape index (κ2) is 17.8. The smallest absolute Gasteiger partial charge is 0.143 e. The van der Waals surface area contributed by atoms with E-state index in [-0.39, 0.29) is 75.4 Å². The van der Waals surface area contributed by atoms with Gasteiger partial charge in [0.25, 0.3) is 0 Å². The van der Waals surface area contributed by atoms with Crippen molar-refractivity contribution in [2.75, 3.05) is 0 Å². The largest absolute Gasteiger partial charge is 0.506 e. The van der Waals surface area contributed by atoms with E-state index in [0.717, 1.165) is 0 Å². The molecule has 0 atom stereocenters. The number of hydrogen-bond acceptors (Lipinski definition) is 8. The maximum atomic E-state index is 10.6. The quantitative estimate of drug-likeness (QED) is 0.108. The van der Waals surface area contributed by atoms with Crippen LogP contribution < -0.4 is 0 Å². The Labute approximate surface area is 359 Å². The highest BCUT2D eigenvalue weighted by Gasteiger charge is 2.13. The molecule has 6 rings (SSSR count). The van der Waals surface area contributed by atoms with Gasteiger partial charge in [0.1, 0.15) is 23.0 Å². The van der Waals surface area contributed by atoms with Gasteiger partial charge in [0.05, 0.1) is 42.8 Å². The van der Waals surface area contributed by atoms with E-state index in [0.29, 0.717) is 43.9 Å². The van der Waals surface area contributed by atoms with Crippen LogP contribution in [0.1, 0.15) is 22.3 Å². The maximum absolute atomic E-state index is 10.6. The van der Waals surface area contributed by atoms with Gasteiger partial charge in [-0.05, 0) is 83.9 Å². The number of hydrogen-bond donors (Lipinski definition) is 4. The third-order valence-corrected chi connectivity index (χ3v) is 9.91. The van der Waals surface area contributed by atoms with Crippen molar-refractivity contribution in [1.82, 2.24) is 0 Å². The van der Waals surface area contributed by atoms with Crippen molar-refractivity contribution in [3.8, 4) is 34.1 Å². The molecule has 8 nitrogen and oxygen atoms in total. The predicted octanol–water partition coefficient (Wildman–Crippen LogP) is 14.4. The molecule has 0 aliphatic heterocycles. The lowest BCUT2D eigenvalue weighted by atomic mass is 10.0. The van der Waals surface area contributed by atoms with Crippen LogP contribution in [-0.2, 0) is 0 Å². The summed E-state index contributed by atoms with van der Waals surface area (Å²) in [6, 6.07) is 22.0. The van der Waals surface area contributed by atoms with Gasteiger partial charge in [-0.3, -0.25) is 20.0 Å². The van der Waals surface area contributed by atoms with Crippen molar-refractivity contribution < 1.29 is 20.4 Å². The van der Waals surface area contributed by atoms with Crippen molar-refractivity contribution in [2.45, 2.75) is 0 Å². The Kier molecular flexibility index (Phi) is 13.1. The second-order valence-electron chi connectivity index (χ2n) is 11.7. The molecule has 0 aromatic heterocycles. The molecule has 0 radical (unpaired) electrons. The Bertz CT molecular complexity index is 2470. The van der Waals surface area contributed by atoms with E-state index in [2.05, 4.69) is 20.0 Å². The van der Waals surface area contributed by atoms with Crippen LogP contribution in [0, 0.1) is 0 Å². The first-order chi connectivity index (χ1) is 26.7. The van der Waals surface area contributed by atoms with E-state index in [1.54, 1.807) is 36.4 Å². The lowest BCUT2D eigenvalue weighted by molar-refractivity contribution is 0.474. The van der Waals surface area contributed by atoms with E-state index in [4.69, 9.17) is 92.8 Å². The summed E-state index contributed by atoms with van der Waals surface area (Å²) in [5, 5.41) is 43.5. The van der Waals surface area contributed by atoms with E-state index in [9.17, 15) is 20.4 Å². The van der Waals surface area contributed by atoms with Crippen LogP contribution in [0.4, 0.5) is 22.7 Å². The Balaban J connectivity index is 1.48. The first-order valence-electron chi connectivity index (χ1n) is 15.8. The highest BCUT2D eigenvalue weighted by Crippen LogP contribution is 2.40. The lowest BCUT2D eigenvalue weighted by Gasteiger charge is -2.10. The number of aliphatic imine (C=N–C) groups is 4. The van der Waals surface area contributed by atoms with E-state index >= 15 is 0 Å². The number of benzene rings is 6. The molecule has 282 valence electrons. The zero-order valence-electron chi connectivity index (χ0n) is 28.0. The Hall–Kier alpha value is -4.48. The number of aromatic hydroxyl groups is 4. The number of phenolic OH excluding ortho intramolecular Hbond substituents is 4. The summed E-state index contributed by atoms with van der Waals surface area (Å²) >= 11 is 49.3. The van der Waals surface area contributed by atoms with Gasteiger partial charge >= 0.3 is 0 Å². The number of nitrogens with zero attached hydrogens (tertiary/aromatic N) is 4. The molecule has 0 saturated heterocycles. The Morgan fingerprint density at radius 1 is 0.321 bits per heavy atom. The molecule has 0 heterocycles. The molecule has 4 N–H and O–H groups in total. The SMILES string of the molecule is Oc1c(Cl)cc(Cl)cc1C=Nc1ccc(-c2ccc(N=Cc3cc(Cl)cc(Cl)c3O)c(N=Cc3cc(Cl)cc(Cl)c3O)c2)cc1N=Cc1cc(Cl)cc(Cl)c1O. The van der Waals surface area contributed by atoms with Gasteiger partial charge < -0.3 is 20.4 Å². The van der Waals surface area contributed by atoms with Crippen LogP contribution >= 0.6 is 92.8 Å². The minimum Gasteiger partial charge on any atom is -0.506 e. The minimum absolute atomic E-state index is 0.0390. The minimum atomic E-state index is -0.224. The van der Waals surface area contributed by atoms with Gasteiger partial charge in [-0.25, -0.2) is 0 Å². The molecule has 0 aliphatic carbocycles. The molecule has 0 aliphatic rings. The lowest BCUT2D eigenvalue weighted by Crippen LogP contribution is -1.87. The van der Waals surface area contributed by atoms with Gasteiger partial charge in [0.2, 0.25) is 0 Å². The van der Waals surface area contributed by atoms with Crippen molar-refractivity contribution in [3.05, 3.63) is 147 Å². The third-order valence-electron chi connectivity index (χ3n) is 7.89. The van der Waals surface area contributed by atoms with E-state index < -0.39 is 0 Å². The molecule has 0 fully saturated rings. The van der Waals surface area contributed by atoms with E-state index in [1.807, 2.05) is 0 Å². The molecular weight excluding hydrogens is 884 g/mol. The highest BCUT2D eigenvalue weighted by molar-refractivity contribution is 6.38. The fourth-order valence-electron chi connectivity index (χ4n) is 5.12.